The van der Waals surface area contributed by atoms with Gasteiger partial charge < -0.3 is 15.9 Å². The van der Waals surface area contributed by atoms with Crippen LogP contribution in [0.15, 0.2) is 58.7 Å². The highest BCUT2D eigenvalue weighted by molar-refractivity contribution is 5.80. The lowest BCUT2D eigenvalue weighted by Gasteiger charge is -2.32. The van der Waals surface area contributed by atoms with Gasteiger partial charge >= 0.3 is 11.9 Å². The number of carbonyl (C=O) groups excluding carboxylic acids is 1. The molecule has 0 aliphatic heterocycles. The minimum Gasteiger partial charge on any atom is -0.481 e. The first-order valence-electron chi connectivity index (χ1n) is 9.96. The van der Waals surface area contributed by atoms with Crippen LogP contribution in [0.4, 0.5) is 0 Å². The van der Waals surface area contributed by atoms with Gasteiger partial charge in [-0.1, -0.05) is 55.4 Å². The molecule has 6 heteroatoms. The predicted octanol–water partition coefficient (Wildman–Crippen LogP) is 4.59. The lowest BCUT2D eigenvalue weighted by molar-refractivity contribution is -0.144. The van der Waals surface area contributed by atoms with Crippen LogP contribution in [0.25, 0.3) is 0 Å². The normalized spacial score (nSPS) is 18.2. The van der Waals surface area contributed by atoms with Crippen molar-refractivity contribution in [2.45, 2.75) is 66.3 Å². The van der Waals surface area contributed by atoms with Gasteiger partial charge in [0, 0.05) is 0 Å². The van der Waals surface area contributed by atoms with Crippen LogP contribution in [0.2, 0.25) is 0 Å². The summed E-state index contributed by atoms with van der Waals surface area (Å²) in [7, 11) is 0. The van der Waals surface area contributed by atoms with Crippen LogP contribution in [-0.4, -0.2) is 34.5 Å². The fraction of sp³-hybridized carbons (Fsp3) is 0.458. The van der Waals surface area contributed by atoms with Gasteiger partial charge in [-0.25, -0.2) is 0 Å². The number of hydrogen-bond donors (Lipinski definition) is 3. The molecular weight excluding hydrogens is 382 g/mol. The van der Waals surface area contributed by atoms with Gasteiger partial charge in [-0.3, -0.25) is 14.4 Å². The number of aliphatic carboxylic acids is 2. The molecule has 0 saturated carbocycles. The second-order valence-corrected chi connectivity index (χ2v) is 8.12. The van der Waals surface area contributed by atoms with Crippen LogP contribution in [-0.2, 0) is 14.4 Å². The van der Waals surface area contributed by atoms with E-state index in [4.69, 9.17) is 15.9 Å². The summed E-state index contributed by atoms with van der Waals surface area (Å²) < 4.78 is 0. The molecule has 1 aliphatic rings. The number of aldehydes is 1. The molecule has 30 heavy (non-hydrogen) atoms. The van der Waals surface area contributed by atoms with Gasteiger partial charge in [0.05, 0.1) is 6.42 Å². The van der Waals surface area contributed by atoms with E-state index < -0.39 is 24.4 Å². The van der Waals surface area contributed by atoms with Gasteiger partial charge in [-0.2, -0.15) is 0 Å². The van der Waals surface area contributed by atoms with E-state index in [1.165, 1.54) is 36.0 Å². The van der Waals surface area contributed by atoms with Gasteiger partial charge in [-0.05, 0) is 62.7 Å². The highest BCUT2D eigenvalue weighted by Gasteiger charge is 2.26. The first-order chi connectivity index (χ1) is 13.9. The van der Waals surface area contributed by atoms with E-state index in [1.807, 2.05) is 19.1 Å². The second kappa shape index (κ2) is 13.5. The number of hydrogen-bond acceptors (Lipinski definition) is 4. The van der Waals surface area contributed by atoms with Crippen molar-refractivity contribution in [3.05, 3.63) is 58.7 Å². The van der Waals surface area contributed by atoms with Crippen molar-refractivity contribution in [3.63, 3.8) is 0 Å². The maximum Gasteiger partial charge on any atom is 0.321 e. The monoisotopic (exact) mass is 417 g/mol. The third-order valence-corrected chi connectivity index (χ3v) is 4.82. The Morgan fingerprint density at radius 3 is 2.20 bits per heavy atom. The van der Waals surface area contributed by atoms with E-state index in [2.05, 4.69) is 45.9 Å². The van der Waals surface area contributed by atoms with E-state index in [1.54, 1.807) is 6.08 Å². The molecule has 1 aliphatic carbocycles. The molecular formula is C24H35NO5. The number of carboxylic acids is 2. The Morgan fingerprint density at radius 2 is 1.73 bits per heavy atom. The summed E-state index contributed by atoms with van der Waals surface area (Å²) in [6.07, 6.45) is 16.1. The molecule has 0 radical (unpaired) electrons. The summed E-state index contributed by atoms with van der Waals surface area (Å²) >= 11 is 0. The lowest BCUT2D eigenvalue weighted by atomic mass is 9.72. The van der Waals surface area contributed by atoms with Crippen LogP contribution in [0.5, 0.6) is 0 Å². The lowest BCUT2D eigenvalue weighted by Crippen LogP contribution is -2.32. The number of nitrogens with two attached hydrogens (primary N) is 1. The topological polar surface area (TPSA) is 118 Å². The van der Waals surface area contributed by atoms with E-state index in [9.17, 15) is 14.4 Å². The molecule has 4 N–H and O–H groups in total. The molecule has 0 saturated heterocycles. The number of carboxylic acid groups (broad SMARTS) is 2. The number of carbonyl (C=O) groups is 3. The van der Waals surface area contributed by atoms with Crippen molar-refractivity contribution < 1.29 is 24.6 Å². The molecule has 0 heterocycles. The highest BCUT2D eigenvalue weighted by Crippen LogP contribution is 2.40. The average Bonchev–Trinajstić information content (AvgIpc) is 2.61. The fourth-order valence-corrected chi connectivity index (χ4v) is 3.07. The third kappa shape index (κ3) is 11.3. The van der Waals surface area contributed by atoms with Crippen molar-refractivity contribution >= 4 is 18.2 Å². The quantitative estimate of drug-likeness (QED) is 0.302. The smallest absolute Gasteiger partial charge is 0.321 e. The van der Waals surface area contributed by atoms with Crippen molar-refractivity contribution in [1.82, 2.24) is 0 Å². The van der Waals surface area contributed by atoms with E-state index in [0.29, 0.717) is 0 Å². The molecule has 0 unspecified atom stereocenters. The zero-order valence-corrected chi connectivity index (χ0v) is 18.6. The average molecular weight is 418 g/mol. The standard InChI is InChI=1S/C20H28O.C4H7NO4/c1-16(8-6-9-17(2)13-15-21)11-12-19-18(3)10-7-14-20(19,4)5;5-2(4(8)9)1-3(6)7/h6,8-9,11-13,15H,7,10,14H2,1-5H3;2H,1,5H2,(H,6,7)(H,8,9)/b9-6+,12-11+,16-8+,17-13+;/t;2-/m.0/s1. The van der Waals surface area contributed by atoms with Crippen molar-refractivity contribution in [3.8, 4) is 0 Å². The van der Waals surface area contributed by atoms with Crippen molar-refractivity contribution in [1.29, 1.82) is 0 Å². The van der Waals surface area contributed by atoms with Crippen LogP contribution in [0.1, 0.15) is 60.3 Å². The van der Waals surface area contributed by atoms with Crippen LogP contribution in [0.3, 0.4) is 0 Å². The molecule has 166 valence electrons. The molecule has 1 rings (SSSR count). The molecule has 0 spiro atoms. The summed E-state index contributed by atoms with van der Waals surface area (Å²) in [5.74, 6) is -2.50. The second-order valence-electron chi connectivity index (χ2n) is 8.12. The van der Waals surface area contributed by atoms with Crippen LogP contribution >= 0.6 is 0 Å². The summed E-state index contributed by atoms with van der Waals surface area (Å²) in [6, 6.07) is -1.29. The maximum absolute atomic E-state index is 10.3. The number of rotatable bonds is 8. The van der Waals surface area contributed by atoms with Gasteiger partial charge in [0.15, 0.2) is 0 Å². The first kappa shape index (κ1) is 27.3. The van der Waals surface area contributed by atoms with Crippen molar-refractivity contribution in [2.75, 3.05) is 0 Å². The fourth-order valence-electron chi connectivity index (χ4n) is 3.07. The highest BCUT2D eigenvalue weighted by atomic mass is 16.4. The summed E-state index contributed by atoms with van der Waals surface area (Å²) in [5.41, 5.74) is 10.3. The van der Waals surface area contributed by atoms with E-state index in [0.717, 1.165) is 11.9 Å². The molecule has 0 bridgehead atoms. The summed E-state index contributed by atoms with van der Waals surface area (Å²) in [6.45, 7) is 10.9. The van der Waals surface area contributed by atoms with Gasteiger partial charge in [-0.15, -0.1) is 0 Å². The van der Waals surface area contributed by atoms with Crippen molar-refractivity contribution in [2.24, 2.45) is 11.1 Å². The molecule has 0 fully saturated rings. The Morgan fingerprint density at radius 1 is 1.13 bits per heavy atom. The van der Waals surface area contributed by atoms with E-state index >= 15 is 0 Å². The van der Waals surface area contributed by atoms with Gasteiger partial charge in [0.2, 0.25) is 0 Å². The molecule has 6 nitrogen and oxygen atoms in total. The van der Waals surface area contributed by atoms with E-state index in [-0.39, 0.29) is 5.41 Å². The SMILES string of the molecule is CC1=C(/C=C/C(C)=C/C=C/C(C)=C/C=O)C(C)(C)CCC1.N[C@@H](CC(=O)O)C(=O)O. The van der Waals surface area contributed by atoms with Crippen LogP contribution in [0, 0.1) is 5.41 Å². The van der Waals surface area contributed by atoms with Crippen LogP contribution < -0.4 is 5.73 Å². The minimum absolute atomic E-state index is 0.290. The molecule has 0 aromatic carbocycles. The largest absolute Gasteiger partial charge is 0.481 e. The Balaban J connectivity index is 0.000000787. The zero-order valence-electron chi connectivity index (χ0n) is 18.6. The Bertz CT molecular complexity index is 766. The molecule has 0 aromatic heterocycles. The summed E-state index contributed by atoms with van der Waals surface area (Å²) in [5, 5.41) is 16.0. The minimum atomic E-state index is -1.29. The Hall–Kier alpha value is -2.73. The zero-order chi connectivity index (χ0) is 23.3. The number of allylic oxidation sites excluding steroid dienone is 10. The predicted molar refractivity (Wildman–Crippen MR) is 120 cm³/mol. The molecule has 1 atom stereocenters. The molecule has 0 amide bonds. The first-order valence-corrected chi connectivity index (χ1v) is 9.96. The Labute approximate surface area is 179 Å². The Kier molecular flexibility index (Phi) is 12.3. The van der Waals surface area contributed by atoms with Gasteiger partial charge in [0.25, 0.3) is 0 Å². The summed E-state index contributed by atoms with van der Waals surface area (Å²) in [4.78, 5) is 30.0. The maximum atomic E-state index is 10.3. The third-order valence-electron chi connectivity index (χ3n) is 4.82. The van der Waals surface area contributed by atoms with Gasteiger partial charge in [0.1, 0.15) is 12.3 Å². The molecule has 0 aromatic rings.